The van der Waals surface area contributed by atoms with Crippen molar-refractivity contribution in [1.82, 2.24) is 15.1 Å². The zero-order valence-electron chi connectivity index (χ0n) is 24.0. The molecule has 2 amide bonds. The molecule has 0 radical (unpaired) electrons. The van der Waals surface area contributed by atoms with Crippen LogP contribution in [0.5, 0.6) is 0 Å². The molecule has 0 spiro atoms. The number of rotatable bonds is 10. The molecule has 3 atom stereocenters. The van der Waals surface area contributed by atoms with Gasteiger partial charge in [0.25, 0.3) is 0 Å². The van der Waals surface area contributed by atoms with Crippen LogP contribution in [0.25, 0.3) is 0 Å². The van der Waals surface area contributed by atoms with Crippen LogP contribution in [0.1, 0.15) is 70.4 Å². The van der Waals surface area contributed by atoms with Crippen LogP contribution in [0.2, 0.25) is 0 Å². The number of aliphatic carboxylic acids is 1. The minimum atomic E-state index is -0.822. The molecule has 1 saturated heterocycles. The van der Waals surface area contributed by atoms with Crippen LogP contribution in [0, 0.1) is 5.92 Å². The fourth-order valence-corrected chi connectivity index (χ4v) is 5.54. The number of nitrogens with one attached hydrogen (secondary N) is 2. The van der Waals surface area contributed by atoms with Crippen molar-refractivity contribution in [3.05, 3.63) is 41.1 Å². The Morgan fingerprint density at radius 2 is 1.95 bits per heavy atom. The van der Waals surface area contributed by atoms with Crippen LogP contribution in [0.4, 0.5) is 5.69 Å². The Kier molecular flexibility index (Phi) is 11.8. The average molecular weight is 543 g/mol. The van der Waals surface area contributed by atoms with Gasteiger partial charge in [0.1, 0.15) is 6.04 Å². The Balaban J connectivity index is 1.80. The largest absolute Gasteiger partial charge is 0.481 e. The highest BCUT2D eigenvalue weighted by molar-refractivity contribution is 5.95. The second-order valence-corrected chi connectivity index (χ2v) is 11.0. The smallest absolute Gasteiger partial charge is 0.303 e. The van der Waals surface area contributed by atoms with E-state index in [1.165, 1.54) is 5.57 Å². The Hall–Kier alpha value is -2.91. The van der Waals surface area contributed by atoms with Gasteiger partial charge in [0.2, 0.25) is 11.8 Å². The summed E-state index contributed by atoms with van der Waals surface area (Å²) in [6.45, 7) is 10.0. The molecule has 1 aromatic carbocycles. The van der Waals surface area contributed by atoms with Gasteiger partial charge in [-0.25, -0.2) is 0 Å². The van der Waals surface area contributed by atoms with Crippen molar-refractivity contribution < 1.29 is 24.2 Å². The van der Waals surface area contributed by atoms with E-state index >= 15 is 0 Å². The number of carbonyl (C=O) groups is 3. The van der Waals surface area contributed by atoms with Crippen LogP contribution >= 0.6 is 0 Å². The van der Waals surface area contributed by atoms with E-state index in [2.05, 4.69) is 46.5 Å². The molecule has 0 aromatic heterocycles. The molecule has 3 rings (SSSR count). The summed E-state index contributed by atoms with van der Waals surface area (Å²) in [6, 6.07) is 5.66. The van der Waals surface area contributed by atoms with Crippen molar-refractivity contribution in [1.29, 1.82) is 0 Å². The molecular weight excluding hydrogens is 496 g/mol. The molecule has 0 saturated carbocycles. The molecule has 1 fully saturated rings. The maximum Gasteiger partial charge on any atom is 0.303 e. The molecule has 3 unspecified atom stereocenters. The Morgan fingerprint density at radius 1 is 1.21 bits per heavy atom. The van der Waals surface area contributed by atoms with E-state index in [0.29, 0.717) is 19.3 Å². The first kappa shape index (κ1) is 30.6. The molecule has 0 bridgehead atoms. The van der Waals surface area contributed by atoms with E-state index in [1.807, 2.05) is 19.1 Å². The summed E-state index contributed by atoms with van der Waals surface area (Å²) in [5, 5.41) is 15.1. The lowest BCUT2D eigenvalue weighted by Crippen LogP contribution is -2.45. The Bertz CT molecular complexity index is 1020. The summed E-state index contributed by atoms with van der Waals surface area (Å²) in [6.07, 6.45) is 6.59. The summed E-state index contributed by atoms with van der Waals surface area (Å²) in [5.74, 6) is -0.969. The van der Waals surface area contributed by atoms with E-state index < -0.39 is 12.0 Å². The maximum absolute atomic E-state index is 13.7. The van der Waals surface area contributed by atoms with E-state index in [9.17, 15) is 14.4 Å². The highest BCUT2D eigenvalue weighted by Crippen LogP contribution is 2.27. The van der Waals surface area contributed by atoms with Gasteiger partial charge in [-0.15, -0.1) is 0 Å². The van der Waals surface area contributed by atoms with Gasteiger partial charge in [-0.05, 0) is 82.7 Å². The van der Waals surface area contributed by atoms with Crippen LogP contribution < -0.4 is 10.6 Å². The number of carbonyl (C=O) groups excluding carboxylic acids is 2. The number of carboxylic acids is 1. The van der Waals surface area contributed by atoms with Crippen molar-refractivity contribution in [2.24, 2.45) is 5.92 Å². The molecular formula is C30H46N4O5. The molecule has 0 aliphatic carbocycles. The van der Waals surface area contributed by atoms with Crippen LogP contribution in [0.15, 0.2) is 30.0 Å². The summed E-state index contributed by atoms with van der Waals surface area (Å²) in [4.78, 5) is 41.7. The number of allylic oxidation sites excluding steroid dienone is 1. The van der Waals surface area contributed by atoms with Crippen LogP contribution in [0.3, 0.4) is 0 Å². The van der Waals surface area contributed by atoms with Crippen molar-refractivity contribution in [3.8, 4) is 0 Å². The second-order valence-electron chi connectivity index (χ2n) is 11.0. The fraction of sp³-hybridized carbons (Fsp3) is 0.633. The van der Waals surface area contributed by atoms with Gasteiger partial charge >= 0.3 is 5.97 Å². The zero-order chi connectivity index (χ0) is 28.4. The Labute approximate surface area is 233 Å². The average Bonchev–Trinajstić information content (AvgIpc) is 2.98. The van der Waals surface area contributed by atoms with E-state index in [4.69, 9.17) is 9.84 Å². The van der Waals surface area contributed by atoms with Gasteiger partial charge in [0.05, 0.1) is 13.2 Å². The third-order valence-electron chi connectivity index (χ3n) is 7.85. The number of aryl methyl sites for hydroxylation is 1. The lowest BCUT2D eigenvalue weighted by Gasteiger charge is -2.34. The summed E-state index contributed by atoms with van der Waals surface area (Å²) in [7, 11) is 1.68. The minimum Gasteiger partial charge on any atom is -0.481 e. The van der Waals surface area contributed by atoms with Gasteiger partial charge in [-0.1, -0.05) is 17.7 Å². The van der Waals surface area contributed by atoms with Gasteiger partial charge < -0.3 is 25.4 Å². The summed E-state index contributed by atoms with van der Waals surface area (Å²) < 4.78 is 5.47. The van der Waals surface area contributed by atoms with Gasteiger partial charge in [-0.2, -0.15) is 0 Å². The SMILES string of the molecule is CNC(=O)C1CCC/C(C)=C\N(C(C)C(=O)Nc2cc(CN3CCOCC3)ccc2CCCC(=O)O)C(C)C1. The van der Waals surface area contributed by atoms with Crippen molar-refractivity contribution >= 4 is 23.5 Å². The highest BCUT2D eigenvalue weighted by atomic mass is 16.5. The monoisotopic (exact) mass is 542 g/mol. The van der Waals surface area contributed by atoms with Crippen LogP contribution in [-0.2, 0) is 32.1 Å². The summed E-state index contributed by atoms with van der Waals surface area (Å²) >= 11 is 0. The Morgan fingerprint density at radius 3 is 2.64 bits per heavy atom. The van der Waals surface area contributed by atoms with Crippen molar-refractivity contribution in [2.75, 3.05) is 38.7 Å². The number of hydrogen-bond donors (Lipinski definition) is 3. The second kappa shape index (κ2) is 15.0. The van der Waals surface area contributed by atoms with Gasteiger partial charge in [0, 0.05) is 50.7 Å². The predicted molar refractivity (Wildman–Crippen MR) is 152 cm³/mol. The minimum absolute atomic E-state index is 0.00351. The van der Waals surface area contributed by atoms with Gasteiger partial charge in [0.15, 0.2) is 0 Å². The maximum atomic E-state index is 13.7. The number of hydrogen-bond acceptors (Lipinski definition) is 6. The number of benzene rings is 1. The first-order valence-electron chi connectivity index (χ1n) is 14.3. The van der Waals surface area contributed by atoms with E-state index in [0.717, 1.165) is 68.9 Å². The third-order valence-corrected chi connectivity index (χ3v) is 7.85. The molecule has 39 heavy (non-hydrogen) atoms. The molecule has 9 nitrogen and oxygen atoms in total. The predicted octanol–water partition coefficient (Wildman–Crippen LogP) is 3.78. The molecule has 2 aliphatic heterocycles. The van der Waals surface area contributed by atoms with E-state index in [1.54, 1.807) is 7.05 Å². The number of nitrogens with zero attached hydrogens (tertiary/aromatic N) is 2. The highest BCUT2D eigenvalue weighted by Gasteiger charge is 2.29. The molecule has 2 heterocycles. The number of morpholine rings is 1. The molecule has 216 valence electrons. The van der Waals surface area contributed by atoms with E-state index in [-0.39, 0.29) is 30.2 Å². The standard InChI is InChI=1S/C30H46N4O5/c1-21-7-5-9-26(30(38)31-4)17-22(2)34(19-21)23(3)29(37)32-27-18-24(20-33-13-15-39-16-14-33)11-12-25(27)8-6-10-28(35)36/h11-12,18-19,22-23,26H,5-10,13-17,20H2,1-4H3,(H,31,38)(H,32,37)(H,35,36)/b21-19-. The van der Waals surface area contributed by atoms with Crippen molar-refractivity contribution in [2.45, 2.75) is 84.3 Å². The first-order valence-corrected chi connectivity index (χ1v) is 14.3. The number of ether oxygens (including phenoxy) is 1. The molecule has 3 N–H and O–H groups in total. The first-order chi connectivity index (χ1) is 18.7. The van der Waals surface area contributed by atoms with Crippen molar-refractivity contribution in [3.63, 3.8) is 0 Å². The fourth-order valence-electron chi connectivity index (χ4n) is 5.54. The molecule has 9 heteroatoms. The summed E-state index contributed by atoms with van der Waals surface area (Å²) in [5.41, 5.74) is 3.97. The lowest BCUT2D eigenvalue weighted by molar-refractivity contribution is -0.137. The third kappa shape index (κ3) is 9.35. The number of amides is 2. The number of carboxylic acid groups (broad SMARTS) is 1. The zero-order valence-corrected chi connectivity index (χ0v) is 24.0. The molecule has 1 aromatic rings. The van der Waals surface area contributed by atoms with Crippen LogP contribution in [-0.4, -0.2) is 78.1 Å². The normalized spacial score (nSPS) is 23.0. The quantitative estimate of drug-likeness (QED) is 0.413. The number of anilines is 1. The lowest BCUT2D eigenvalue weighted by atomic mass is 9.93. The molecule has 2 aliphatic rings. The topological polar surface area (TPSA) is 111 Å². The van der Waals surface area contributed by atoms with Gasteiger partial charge in [-0.3, -0.25) is 19.3 Å².